The summed E-state index contributed by atoms with van der Waals surface area (Å²) < 4.78 is 24.3. The molecule has 4 heteroatoms. The fourth-order valence-electron chi connectivity index (χ4n) is 0.970. The summed E-state index contributed by atoms with van der Waals surface area (Å²) in [6.45, 7) is 3.83. The second-order valence-electron chi connectivity index (χ2n) is 2.75. The molecule has 0 aliphatic heterocycles. The Morgan fingerprint density at radius 2 is 1.79 bits per heavy atom. The number of methoxy groups -OCH3 is 2. The molecule has 0 spiro atoms. The number of allylic oxidation sites excluding steroid dienone is 2. The maximum absolute atomic E-state index is 13.3. The van der Waals surface area contributed by atoms with Crippen LogP contribution in [0.1, 0.15) is 26.7 Å². The Labute approximate surface area is 92.0 Å². The summed E-state index contributed by atoms with van der Waals surface area (Å²) in [6.07, 6.45) is 1.09. The number of rotatable bonds is 7. The van der Waals surface area contributed by atoms with Crippen molar-refractivity contribution in [2.45, 2.75) is 38.3 Å². The van der Waals surface area contributed by atoms with Crippen LogP contribution in [0.4, 0.5) is 4.39 Å². The van der Waals surface area contributed by atoms with Crippen molar-refractivity contribution in [1.29, 1.82) is 0 Å². The molecule has 0 rings (SSSR count). The van der Waals surface area contributed by atoms with Gasteiger partial charge in [0.2, 0.25) is 0 Å². The summed E-state index contributed by atoms with van der Waals surface area (Å²) in [7, 11) is 3.21. The van der Waals surface area contributed by atoms with Gasteiger partial charge in [0.25, 0.3) is 0 Å². The SMILES string of the molecule is CC/C(F)=C(/CC)[Se]CC(OC)OC. The van der Waals surface area contributed by atoms with Crippen molar-refractivity contribution in [3.05, 3.63) is 10.3 Å². The molecule has 0 aromatic heterocycles. The van der Waals surface area contributed by atoms with E-state index in [2.05, 4.69) is 0 Å². The Bertz CT molecular complexity index is 179. The predicted molar refractivity (Wildman–Crippen MR) is 57.1 cm³/mol. The first kappa shape index (κ1) is 14.1. The zero-order chi connectivity index (χ0) is 11.0. The van der Waals surface area contributed by atoms with Gasteiger partial charge in [-0.2, -0.15) is 0 Å². The van der Waals surface area contributed by atoms with Gasteiger partial charge in [-0.25, -0.2) is 0 Å². The Balaban J connectivity index is 4.07. The third-order valence-corrected chi connectivity index (χ3v) is 4.58. The van der Waals surface area contributed by atoms with E-state index in [1.165, 1.54) is 0 Å². The monoisotopic (exact) mass is 270 g/mol. The van der Waals surface area contributed by atoms with Crippen LogP contribution in [0.3, 0.4) is 0 Å². The molecule has 0 fully saturated rings. The van der Waals surface area contributed by atoms with Gasteiger partial charge in [0.05, 0.1) is 0 Å². The summed E-state index contributed by atoms with van der Waals surface area (Å²) in [5.41, 5.74) is 0. The molecule has 0 bridgehead atoms. The van der Waals surface area contributed by atoms with E-state index < -0.39 is 0 Å². The molecule has 14 heavy (non-hydrogen) atoms. The Kier molecular flexibility index (Phi) is 8.49. The van der Waals surface area contributed by atoms with Crippen molar-refractivity contribution >= 4 is 15.0 Å². The molecule has 0 amide bonds. The van der Waals surface area contributed by atoms with Crippen molar-refractivity contribution in [2.75, 3.05) is 14.2 Å². The predicted octanol–water partition coefficient (Wildman–Crippen LogP) is 2.73. The van der Waals surface area contributed by atoms with Gasteiger partial charge in [0, 0.05) is 0 Å². The number of hydrogen-bond acceptors (Lipinski definition) is 2. The van der Waals surface area contributed by atoms with E-state index in [-0.39, 0.29) is 27.1 Å². The average molecular weight is 269 g/mol. The number of halogens is 1. The van der Waals surface area contributed by atoms with Crippen LogP contribution in [-0.4, -0.2) is 35.5 Å². The molecule has 0 unspecified atom stereocenters. The zero-order valence-electron chi connectivity index (χ0n) is 9.30. The average Bonchev–Trinajstić information content (AvgIpc) is 2.24. The van der Waals surface area contributed by atoms with Crippen molar-refractivity contribution < 1.29 is 13.9 Å². The van der Waals surface area contributed by atoms with Crippen LogP contribution in [0, 0.1) is 0 Å². The molecule has 0 aromatic carbocycles. The summed E-state index contributed by atoms with van der Waals surface area (Å²) in [6, 6.07) is 0. The minimum atomic E-state index is -0.193. The first-order chi connectivity index (χ1) is 6.69. The first-order valence-electron chi connectivity index (χ1n) is 4.75. The zero-order valence-corrected chi connectivity index (χ0v) is 11.0. The van der Waals surface area contributed by atoms with Gasteiger partial charge in [-0.05, 0) is 0 Å². The summed E-state index contributed by atoms with van der Waals surface area (Å²) >= 11 is 0.144. The van der Waals surface area contributed by atoms with E-state index >= 15 is 0 Å². The summed E-state index contributed by atoms with van der Waals surface area (Å²) in [5.74, 6) is 0.0402. The number of ether oxygens (including phenoxy) is 2. The first-order valence-corrected chi connectivity index (χ1v) is 6.82. The molecule has 0 N–H and O–H groups in total. The molecule has 2 nitrogen and oxygen atoms in total. The maximum atomic E-state index is 13.3. The molecule has 0 heterocycles. The normalized spacial score (nSPS) is 13.3. The van der Waals surface area contributed by atoms with Crippen molar-refractivity contribution in [3.8, 4) is 0 Å². The molecule has 0 atom stereocenters. The van der Waals surface area contributed by atoms with Crippen LogP contribution in [0.15, 0.2) is 10.3 Å². The molecule has 0 saturated carbocycles. The van der Waals surface area contributed by atoms with Crippen LogP contribution in [0.5, 0.6) is 0 Å². The molecular weight excluding hydrogens is 250 g/mol. The summed E-state index contributed by atoms with van der Waals surface area (Å²) in [4.78, 5) is 0. The van der Waals surface area contributed by atoms with Gasteiger partial charge < -0.3 is 0 Å². The molecule has 0 aliphatic carbocycles. The van der Waals surface area contributed by atoms with E-state index in [1.54, 1.807) is 14.2 Å². The van der Waals surface area contributed by atoms with Crippen molar-refractivity contribution in [2.24, 2.45) is 0 Å². The summed E-state index contributed by atoms with van der Waals surface area (Å²) in [5, 5.41) is 0.774. The van der Waals surface area contributed by atoms with E-state index in [4.69, 9.17) is 9.47 Å². The van der Waals surface area contributed by atoms with E-state index in [0.29, 0.717) is 6.42 Å². The van der Waals surface area contributed by atoms with Crippen LogP contribution in [0.2, 0.25) is 5.32 Å². The topological polar surface area (TPSA) is 18.5 Å². The van der Waals surface area contributed by atoms with Crippen molar-refractivity contribution in [3.63, 3.8) is 0 Å². The van der Waals surface area contributed by atoms with E-state index in [0.717, 1.165) is 16.2 Å². The Hall–Kier alpha value is 0.109. The Morgan fingerprint density at radius 1 is 1.21 bits per heavy atom. The van der Waals surface area contributed by atoms with Crippen molar-refractivity contribution in [1.82, 2.24) is 0 Å². The van der Waals surface area contributed by atoms with Crippen LogP contribution < -0.4 is 0 Å². The Morgan fingerprint density at radius 3 is 2.14 bits per heavy atom. The fourth-order valence-corrected chi connectivity index (χ4v) is 3.31. The van der Waals surface area contributed by atoms with Gasteiger partial charge in [0.1, 0.15) is 0 Å². The van der Waals surface area contributed by atoms with E-state index in [1.807, 2.05) is 13.8 Å². The third kappa shape index (κ3) is 5.11. The van der Waals surface area contributed by atoms with Crippen LogP contribution in [0.25, 0.3) is 0 Å². The van der Waals surface area contributed by atoms with Crippen LogP contribution in [-0.2, 0) is 9.47 Å². The fraction of sp³-hybridized carbons (Fsp3) is 0.800. The minimum absolute atomic E-state index is 0.0402. The van der Waals surface area contributed by atoms with Gasteiger partial charge in [-0.15, -0.1) is 0 Å². The third-order valence-electron chi connectivity index (χ3n) is 1.85. The quantitative estimate of drug-likeness (QED) is 0.522. The molecule has 84 valence electrons. The number of hydrogen-bond donors (Lipinski definition) is 0. The molecular formula is C10H19FO2Se. The van der Waals surface area contributed by atoms with Gasteiger partial charge in [-0.1, -0.05) is 0 Å². The van der Waals surface area contributed by atoms with Gasteiger partial charge >= 0.3 is 91.6 Å². The van der Waals surface area contributed by atoms with E-state index in [9.17, 15) is 4.39 Å². The van der Waals surface area contributed by atoms with Gasteiger partial charge in [0.15, 0.2) is 0 Å². The van der Waals surface area contributed by atoms with Gasteiger partial charge in [-0.3, -0.25) is 0 Å². The van der Waals surface area contributed by atoms with Crippen LogP contribution >= 0.6 is 0 Å². The molecule has 0 aromatic rings. The molecule has 0 aliphatic rings. The second-order valence-corrected chi connectivity index (χ2v) is 5.09. The second kappa shape index (κ2) is 8.42. The standard InChI is InChI=1S/C10H19FO2Se/c1-5-8(11)9(6-2)14-7-10(12-3)13-4/h10H,5-7H2,1-4H3/b9-8+. The molecule has 0 saturated heterocycles. The molecule has 0 radical (unpaired) electrons.